The van der Waals surface area contributed by atoms with E-state index in [1.165, 1.54) is 17.7 Å². The molecule has 3 nitrogen and oxygen atoms in total. The third kappa shape index (κ3) is 5.44. The van der Waals surface area contributed by atoms with Gasteiger partial charge in [-0.2, -0.15) is 0 Å². The number of rotatable bonds is 1. The van der Waals surface area contributed by atoms with E-state index >= 15 is 0 Å². The summed E-state index contributed by atoms with van der Waals surface area (Å²) in [5, 5.41) is 10.1. The van der Waals surface area contributed by atoms with Crippen molar-refractivity contribution < 1.29 is 27.5 Å². The van der Waals surface area contributed by atoms with Gasteiger partial charge in [-0.1, -0.05) is 35.9 Å². The van der Waals surface area contributed by atoms with E-state index in [0.29, 0.717) is 0 Å². The van der Waals surface area contributed by atoms with Crippen LogP contribution in [0.25, 0.3) is 0 Å². The first-order chi connectivity index (χ1) is 8.09. The minimum Gasteiger partial charge on any atom is -0.258 e. The van der Waals surface area contributed by atoms with Crippen LogP contribution in [0.15, 0.2) is 54.6 Å². The van der Waals surface area contributed by atoms with Gasteiger partial charge in [0.25, 0.3) is 28.3 Å². The molecule has 0 unspecified atom stereocenters. The Hall–Kier alpha value is -1.43. The summed E-state index contributed by atoms with van der Waals surface area (Å²) >= 11 is 1.82. The lowest BCUT2D eigenvalue weighted by molar-refractivity contribution is -0.385. The van der Waals surface area contributed by atoms with Gasteiger partial charge in [0.2, 0.25) is 0 Å². The molecule has 0 aliphatic carbocycles. The number of non-ortho nitro benzene ring substituents is 1. The van der Waals surface area contributed by atoms with Gasteiger partial charge in [-0.3, -0.25) is 10.1 Å². The number of benzene rings is 2. The number of halogens is 1. The highest BCUT2D eigenvalue weighted by molar-refractivity contribution is 5.27. The average Bonchev–Trinajstić information content (AvgIpc) is 2.31. The molecule has 0 N–H and O–H groups in total. The molecule has 0 aliphatic rings. The van der Waals surface area contributed by atoms with Crippen LogP contribution < -0.4 is 22.6 Å². The molecule has 0 heterocycles. The molecule has 4 heteroatoms. The van der Waals surface area contributed by atoms with Gasteiger partial charge in [0, 0.05) is 12.1 Å². The topological polar surface area (TPSA) is 43.1 Å². The van der Waals surface area contributed by atoms with Crippen molar-refractivity contribution in [1.82, 2.24) is 0 Å². The van der Waals surface area contributed by atoms with Crippen LogP contribution in [0, 0.1) is 20.6 Å². The van der Waals surface area contributed by atoms with Crippen molar-refractivity contribution in [3.05, 3.63) is 73.8 Å². The van der Waals surface area contributed by atoms with E-state index in [9.17, 15) is 10.1 Å². The number of aryl methyl sites for hydroxylation is 1. The lowest BCUT2D eigenvalue weighted by Crippen LogP contribution is -3.34. The van der Waals surface area contributed by atoms with E-state index in [1.54, 1.807) is 12.1 Å². The summed E-state index contributed by atoms with van der Waals surface area (Å²) in [4.78, 5) is 9.72. The third-order valence-electron chi connectivity index (χ3n) is 1.99. The molecule has 2 aromatic rings. The van der Waals surface area contributed by atoms with Crippen LogP contribution in [0.3, 0.4) is 0 Å². The van der Waals surface area contributed by atoms with Crippen LogP contribution in [-0.2, 0) is 0 Å². The molecule has 0 fully saturated rings. The van der Waals surface area contributed by atoms with Gasteiger partial charge in [-0.15, -0.1) is 0 Å². The van der Waals surface area contributed by atoms with Crippen LogP contribution in [0.5, 0.6) is 0 Å². The fourth-order valence-corrected chi connectivity index (χ4v) is 1.49. The lowest BCUT2D eigenvalue weighted by Gasteiger charge is -1.85. The Morgan fingerprint density at radius 2 is 1.53 bits per heavy atom. The number of hydrogen-bond donors (Lipinski definition) is 0. The molecule has 2 rings (SSSR count). The summed E-state index contributed by atoms with van der Waals surface area (Å²) < 4.78 is 1.04. The molecule has 2 aromatic carbocycles. The smallest absolute Gasteiger partial charge is 0.258 e. The highest BCUT2D eigenvalue weighted by Crippen LogP contribution is 2.06. The molecule has 17 heavy (non-hydrogen) atoms. The number of nitro benzene ring substituents is 1. The van der Waals surface area contributed by atoms with Crippen LogP contribution >= 0.6 is 0 Å². The Kier molecular flexibility index (Phi) is 5.62. The van der Waals surface area contributed by atoms with Crippen LogP contribution in [0.4, 0.5) is 5.69 Å². The summed E-state index contributed by atoms with van der Waals surface area (Å²) in [7, 11) is 0. The molecular weight excluding hydrogens is 329 g/mol. The first-order valence-electron chi connectivity index (χ1n) is 5.02. The quantitative estimate of drug-likeness (QED) is 0.418. The first-order valence-corrected chi connectivity index (χ1v) is 6.19. The van der Waals surface area contributed by atoms with Gasteiger partial charge in [0.1, 0.15) is 0 Å². The summed E-state index contributed by atoms with van der Waals surface area (Å²) in [5.74, 6) is 0. The van der Waals surface area contributed by atoms with Gasteiger partial charge in [-0.05, 0) is 19.1 Å². The van der Waals surface area contributed by atoms with E-state index in [0.717, 1.165) is 3.57 Å². The maximum absolute atomic E-state index is 10.1. The van der Waals surface area contributed by atoms with E-state index in [4.69, 9.17) is 0 Å². The Morgan fingerprint density at radius 1 is 1.00 bits per heavy atom. The Morgan fingerprint density at radius 3 is 1.88 bits per heavy atom. The summed E-state index contributed by atoms with van der Waals surface area (Å²) in [6, 6.07) is 16.7. The maximum atomic E-state index is 10.1. The van der Waals surface area contributed by atoms with Gasteiger partial charge < -0.3 is 0 Å². The summed E-state index contributed by atoms with van der Waals surface area (Å²) in [6.07, 6.45) is 0. The lowest BCUT2D eigenvalue weighted by atomic mass is 10.2. The highest BCUT2D eigenvalue weighted by Gasteiger charge is 2.04. The molecule has 0 bridgehead atoms. The Labute approximate surface area is 114 Å². The predicted octanol–water partition coefficient (Wildman–Crippen LogP) is 0.0450. The SMILES string of the molecule is Cc1ccccc1.O=[N+]([O-])c1ccc([IH+])cc1. The van der Waals surface area contributed by atoms with Crippen molar-refractivity contribution in [3.8, 4) is 0 Å². The zero-order valence-corrected chi connectivity index (χ0v) is 11.7. The molecule has 0 spiro atoms. The first kappa shape index (κ1) is 13.6. The average molecular weight is 342 g/mol. The van der Waals surface area contributed by atoms with Gasteiger partial charge in [0.05, 0.1) is 4.92 Å². The second kappa shape index (κ2) is 7.01. The molecule has 0 saturated carbocycles. The molecule has 0 aliphatic heterocycles. The summed E-state index contributed by atoms with van der Waals surface area (Å²) in [5.41, 5.74) is 1.47. The number of nitro groups is 1. The van der Waals surface area contributed by atoms with E-state index < -0.39 is 4.92 Å². The highest BCUT2D eigenvalue weighted by atomic mass is 127. The van der Waals surface area contributed by atoms with Crippen molar-refractivity contribution in [2.24, 2.45) is 0 Å². The van der Waals surface area contributed by atoms with Crippen molar-refractivity contribution in [2.45, 2.75) is 6.92 Å². The van der Waals surface area contributed by atoms with Crippen molar-refractivity contribution in [2.75, 3.05) is 0 Å². The fourth-order valence-electron chi connectivity index (χ4n) is 1.10. The summed E-state index contributed by atoms with van der Waals surface area (Å²) in [6.45, 7) is 2.08. The zero-order valence-electron chi connectivity index (χ0n) is 9.37. The van der Waals surface area contributed by atoms with E-state index in [1.807, 2.05) is 40.8 Å². The Balaban J connectivity index is 0.000000181. The van der Waals surface area contributed by atoms with E-state index in [2.05, 4.69) is 19.1 Å². The third-order valence-corrected chi connectivity index (χ3v) is 2.76. The maximum Gasteiger partial charge on any atom is 0.296 e. The fraction of sp³-hybridized carbons (Fsp3) is 0.0769. The molecule has 0 saturated heterocycles. The van der Waals surface area contributed by atoms with Crippen molar-refractivity contribution in [1.29, 1.82) is 0 Å². The molecule has 0 radical (unpaired) electrons. The van der Waals surface area contributed by atoms with Gasteiger partial charge >= 0.3 is 0 Å². The molecule has 0 aromatic heterocycles. The van der Waals surface area contributed by atoms with Crippen molar-refractivity contribution in [3.63, 3.8) is 0 Å². The second-order valence-electron chi connectivity index (χ2n) is 3.41. The minimum absolute atomic E-state index is 0.146. The van der Waals surface area contributed by atoms with Crippen molar-refractivity contribution >= 4 is 5.69 Å². The van der Waals surface area contributed by atoms with Crippen LogP contribution in [0.1, 0.15) is 5.56 Å². The number of nitrogens with zero attached hydrogens (tertiary/aromatic N) is 1. The van der Waals surface area contributed by atoms with Crippen LogP contribution in [-0.4, -0.2) is 4.92 Å². The van der Waals surface area contributed by atoms with Crippen LogP contribution in [0.2, 0.25) is 0 Å². The van der Waals surface area contributed by atoms with Gasteiger partial charge in [-0.25, -0.2) is 0 Å². The monoisotopic (exact) mass is 342 g/mol. The Bertz CT molecular complexity index is 469. The minimum atomic E-state index is -0.402. The standard InChI is InChI=1S/C7H8.C6H5INO2/c1-7-5-3-2-4-6-7;7-5-1-3-6(4-2-5)8(9)10/h2-6H,1H3;1-4,7H/q;+1. The van der Waals surface area contributed by atoms with E-state index in [-0.39, 0.29) is 5.69 Å². The second-order valence-corrected chi connectivity index (χ2v) is 4.75. The molecule has 0 amide bonds. The van der Waals surface area contributed by atoms with Gasteiger partial charge in [0.15, 0.2) is 3.57 Å². The molecular formula is C13H13INO2+. The normalized spacial score (nSPS) is 9.06. The predicted molar refractivity (Wildman–Crippen MR) is 64.4 cm³/mol. The number of hydrogen-bond acceptors (Lipinski definition) is 2. The molecule has 0 atom stereocenters. The zero-order chi connectivity index (χ0) is 12.7. The molecule has 88 valence electrons. The largest absolute Gasteiger partial charge is 0.296 e.